The van der Waals surface area contributed by atoms with Crippen LogP contribution in [-0.4, -0.2) is 53.2 Å². The molecule has 1 fully saturated rings. The van der Waals surface area contributed by atoms with Crippen molar-refractivity contribution < 1.29 is 9.47 Å². The molecule has 0 saturated carbocycles. The molecule has 0 bridgehead atoms. The summed E-state index contributed by atoms with van der Waals surface area (Å²) >= 11 is 0. The van der Waals surface area contributed by atoms with Crippen molar-refractivity contribution in [2.45, 2.75) is 25.4 Å². The molecule has 7 heteroatoms. The van der Waals surface area contributed by atoms with Crippen LogP contribution in [0.4, 0.5) is 5.82 Å². The largest absolute Gasteiger partial charge is 0.493 e. The van der Waals surface area contributed by atoms with E-state index in [1.54, 1.807) is 14.2 Å². The van der Waals surface area contributed by atoms with Crippen molar-refractivity contribution >= 4 is 27.6 Å². The topological polar surface area (TPSA) is 72.4 Å². The number of methoxy groups -OCH3 is 2. The predicted octanol–water partition coefficient (Wildman–Crippen LogP) is 5.94. The Morgan fingerprint density at radius 3 is 2.42 bits per heavy atom. The lowest BCUT2D eigenvalue weighted by molar-refractivity contribution is 0.211. The average molecular weight is 506 g/mol. The van der Waals surface area contributed by atoms with Crippen LogP contribution < -0.4 is 14.8 Å². The molecule has 7 nitrogen and oxygen atoms in total. The molecule has 0 atom stereocenters. The molecule has 6 rings (SSSR count). The van der Waals surface area contributed by atoms with Crippen LogP contribution in [0.1, 0.15) is 18.4 Å². The molecule has 0 radical (unpaired) electrons. The summed E-state index contributed by atoms with van der Waals surface area (Å²) in [6, 6.07) is 25.0. The SMILES string of the molecule is COc1cc2nc(-c3cccc4cccnc34)nc(NC3CCN(Cc4ccccc4)CC3)c2cc1OC. The van der Waals surface area contributed by atoms with Gasteiger partial charge in [-0.05, 0) is 36.6 Å². The minimum Gasteiger partial charge on any atom is -0.493 e. The number of nitrogens with zero attached hydrogens (tertiary/aromatic N) is 4. The Kier molecular flexibility index (Phi) is 6.75. The lowest BCUT2D eigenvalue weighted by atomic mass is 10.0. The number of likely N-dealkylation sites (tertiary alicyclic amines) is 1. The van der Waals surface area contributed by atoms with Gasteiger partial charge >= 0.3 is 0 Å². The summed E-state index contributed by atoms with van der Waals surface area (Å²) in [6.07, 6.45) is 3.89. The Labute approximate surface area is 222 Å². The van der Waals surface area contributed by atoms with Gasteiger partial charge in [-0.3, -0.25) is 9.88 Å². The second kappa shape index (κ2) is 10.6. The summed E-state index contributed by atoms with van der Waals surface area (Å²) in [5.41, 5.74) is 3.94. The van der Waals surface area contributed by atoms with Gasteiger partial charge in [0.15, 0.2) is 17.3 Å². The summed E-state index contributed by atoms with van der Waals surface area (Å²) in [6.45, 7) is 3.05. The predicted molar refractivity (Wildman–Crippen MR) is 152 cm³/mol. The minimum absolute atomic E-state index is 0.312. The average Bonchev–Trinajstić information content (AvgIpc) is 2.97. The van der Waals surface area contributed by atoms with Gasteiger partial charge in [-0.2, -0.15) is 0 Å². The van der Waals surface area contributed by atoms with Gasteiger partial charge in [0, 0.05) is 54.3 Å². The standard InChI is InChI=1S/C31H31N5O2/c1-37-27-18-25-26(19-28(27)38-2)34-30(24-12-6-10-22-11-7-15-32-29(22)24)35-31(25)33-23-13-16-36(17-14-23)20-21-8-4-3-5-9-21/h3-12,15,18-19,23H,13-14,16-17,20H2,1-2H3,(H,33,34,35). The van der Waals surface area contributed by atoms with Gasteiger partial charge in [-0.15, -0.1) is 0 Å². The summed E-state index contributed by atoms with van der Waals surface area (Å²) < 4.78 is 11.2. The molecule has 3 aromatic carbocycles. The van der Waals surface area contributed by atoms with E-state index in [2.05, 4.69) is 57.7 Å². The van der Waals surface area contributed by atoms with Crippen molar-refractivity contribution in [3.05, 3.63) is 84.6 Å². The molecular formula is C31H31N5O2. The number of piperidine rings is 1. The Morgan fingerprint density at radius 1 is 0.868 bits per heavy atom. The van der Waals surface area contributed by atoms with Gasteiger partial charge in [0.2, 0.25) is 0 Å². The molecule has 0 unspecified atom stereocenters. The van der Waals surface area contributed by atoms with Crippen LogP contribution in [0.25, 0.3) is 33.2 Å². The third-order valence-corrected chi connectivity index (χ3v) is 7.25. The van der Waals surface area contributed by atoms with Crippen LogP contribution >= 0.6 is 0 Å². The van der Waals surface area contributed by atoms with Crippen molar-refractivity contribution in [2.24, 2.45) is 0 Å². The van der Waals surface area contributed by atoms with Crippen LogP contribution in [0.5, 0.6) is 11.5 Å². The van der Waals surface area contributed by atoms with E-state index >= 15 is 0 Å². The van der Waals surface area contributed by atoms with Crippen LogP contribution in [0.15, 0.2) is 79.0 Å². The molecule has 1 N–H and O–H groups in total. The number of pyridine rings is 1. The zero-order chi connectivity index (χ0) is 25.9. The summed E-state index contributed by atoms with van der Waals surface area (Å²) in [5.74, 6) is 2.74. The van der Waals surface area contributed by atoms with E-state index in [0.717, 1.165) is 65.7 Å². The monoisotopic (exact) mass is 505 g/mol. The number of hydrogen-bond donors (Lipinski definition) is 1. The number of ether oxygens (including phenoxy) is 2. The first-order valence-corrected chi connectivity index (χ1v) is 13.0. The zero-order valence-electron chi connectivity index (χ0n) is 21.7. The highest BCUT2D eigenvalue weighted by atomic mass is 16.5. The fourth-order valence-corrected chi connectivity index (χ4v) is 5.24. The van der Waals surface area contributed by atoms with Crippen LogP contribution in [-0.2, 0) is 6.54 Å². The number of rotatable bonds is 7. The van der Waals surface area contributed by atoms with E-state index in [0.29, 0.717) is 23.4 Å². The highest BCUT2D eigenvalue weighted by Crippen LogP contribution is 2.36. The minimum atomic E-state index is 0.312. The first-order valence-electron chi connectivity index (χ1n) is 13.0. The number of anilines is 1. The molecule has 3 heterocycles. The quantitative estimate of drug-likeness (QED) is 0.294. The number of benzene rings is 3. The number of fused-ring (bicyclic) bond motifs is 2. The number of hydrogen-bond acceptors (Lipinski definition) is 7. The summed E-state index contributed by atoms with van der Waals surface area (Å²) in [7, 11) is 3.29. The Hall–Kier alpha value is -4.23. The molecule has 192 valence electrons. The van der Waals surface area contributed by atoms with E-state index < -0.39 is 0 Å². The second-order valence-electron chi connectivity index (χ2n) is 9.68. The highest BCUT2D eigenvalue weighted by Gasteiger charge is 2.22. The molecule has 1 aliphatic heterocycles. The summed E-state index contributed by atoms with van der Waals surface area (Å²) in [5, 5.41) is 5.73. The van der Waals surface area contributed by atoms with Gasteiger partial charge in [-0.25, -0.2) is 9.97 Å². The van der Waals surface area contributed by atoms with Crippen LogP contribution in [0.3, 0.4) is 0 Å². The van der Waals surface area contributed by atoms with Crippen molar-refractivity contribution in [3.63, 3.8) is 0 Å². The van der Waals surface area contributed by atoms with Crippen molar-refractivity contribution in [1.29, 1.82) is 0 Å². The molecule has 5 aromatic rings. The van der Waals surface area contributed by atoms with Gasteiger partial charge < -0.3 is 14.8 Å². The fraction of sp³-hybridized carbons (Fsp3) is 0.258. The van der Waals surface area contributed by atoms with E-state index in [1.807, 2.05) is 36.5 Å². The third-order valence-electron chi connectivity index (χ3n) is 7.25. The Bertz CT molecular complexity index is 1560. The third kappa shape index (κ3) is 4.85. The zero-order valence-corrected chi connectivity index (χ0v) is 21.7. The van der Waals surface area contributed by atoms with E-state index in [1.165, 1.54) is 5.56 Å². The molecule has 1 aliphatic rings. The normalized spacial score (nSPS) is 14.6. The maximum Gasteiger partial charge on any atom is 0.164 e. The maximum absolute atomic E-state index is 5.61. The van der Waals surface area contributed by atoms with E-state index in [-0.39, 0.29) is 0 Å². The van der Waals surface area contributed by atoms with Crippen LogP contribution in [0.2, 0.25) is 0 Å². The molecule has 1 saturated heterocycles. The Balaban J connectivity index is 1.34. The number of para-hydroxylation sites is 1. The molecule has 0 spiro atoms. The van der Waals surface area contributed by atoms with Crippen molar-refractivity contribution in [2.75, 3.05) is 32.6 Å². The lowest BCUT2D eigenvalue weighted by Gasteiger charge is -2.33. The van der Waals surface area contributed by atoms with Gasteiger partial charge in [-0.1, -0.05) is 48.5 Å². The first kappa shape index (κ1) is 24.1. The highest BCUT2D eigenvalue weighted by molar-refractivity contribution is 5.96. The number of nitrogens with one attached hydrogen (secondary N) is 1. The lowest BCUT2D eigenvalue weighted by Crippen LogP contribution is -2.38. The maximum atomic E-state index is 5.61. The molecule has 0 amide bonds. The number of aromatic nitrogens is 3. The van der Waals surface area contributed by atoms with Gasteiger partial charge in [0.25, 0.3) is 0 Å². The van der Waals surface area contributed by atoms with Crippen LogP contribution in [0, 0.1) is 0 Å². The fourth-order valence-electron chi connectivity index (χ4n) is 5.24. The molecule has 2 aromatic heterocycles. The second-order valence-corrected chi connectivity index (χ2v) is 9.68. The van der Waals surface area contributed by atoms with E-state index in [4.69, 9.17) is 19.4 Å². The Morgan fingerprint density at radius 2 is 1.63 bits per heavy atom. The molecule has 38 heavy (non-hydrogen) atoms. The van der Waals surface area contributed by atoms with Gasteiger partial charge in [0.05, 0.1) is 25.3 Å². The van der Waals surface area contributed by atoms with Gasteiger partial charge in [0.1, 0.15) is 5.82 Å². The van der Waals surface area contributed by atoms with Crippen molar-refractivity contribution in [3.8, 4) is 22.9 Å². The first-order chi connectivity index (χ1) is 18.7. The smallest absolute Gasteiger partial charge is 0.164 e. The van der Waals surface area contributed by atoms with Crippen molar-refractivity contribution in [1.82, 2.24) is 19.9 Å². The molecule has 0 aliphatic carbocycles. The molecular weight excluding hydrogens is 474 g/mol. The summed E-state index contributed by atoms with van der Waals surface area (Å²) in [4.78, 5) is 17.2. The van der Waals surface area contributed by atoms with E-state index in [9.17, 15) is 0 Å².